The number of hydrogen-bond donors (Lipinski definition) is 1. The first-order chi connectivity index (χ1) is 12.7. The van der Waals surface area contributed by atoms with Crippen LogP contribution in [-0.4, -0.2) is 47.7 Å². The second kappa shape index (κ2) is 7.39. The summed E-state index contributed by atoms with van der Waals surface area (Å²) >= 11 is 0. The number of nitrogens with one attached hydrogen (secondary N) is 1. The van der Waals surface area contributed by atoms with Crippen LogP contribution in [-0.2, 0) is 4.74 Å². The van der Waals surface area contributed by atoms with Crippen LogP contribution in [0.3, 0.4) is 0 Å². The third-order valence-corrected chi connectivity index (χ3v) is 4.65. The van der Waals surface area contributed by atoms with Crippen LogP contribution >= 0.6 is 0 Å². The fourth-order valence-corrected chi connectivity index (χ4v) is 3.32. The molecule has 136 valence electrons. The smallest absolute Gasteiger partial charge is 0.149 e. The molecule has 6 nitrogen and oxygen atoms in total. The lowest BCUT2D eigenvalue weighted by Gasteiger charge is -2.33. The van der Waals surface area contributed by atoms with Crippen LogP contribution in [0.4, 0.5) is 10.2 Å². The van der Waals surface area contributed by atoms with E-state index in [0.29, 0.717) is 36.5 Å². The molecular formula is C19H21FN4O2. The van der Waals surface area contributed by atoms with E-state index in [1.807, 2.05) is 25.1 Å². The average Bonchev–Trinajstić information content (AvgIpc) is 3.09. The number of para-hydroxylation sites is 1. The minimum Gasteiger partial charge on any atom is -0.465 e. The van der Waals surface area contributed by atoms with Gasteiger partial charge in [0.2, 0.25) is 0 Å². The molecule has 0 bridgehead atoms. The first-order valence-electron chi connectivity index (χ1n) is 8.73. The van der Waals surface area contributed by atoms with Crippen LogP contribution in [0.25, 0.3) is 10.9 Å². The molecule has 4 rings (SSSR count). The highest BCUT2D eigenvalue weighted by molar-refractivity contribution is 5.89. The first-order valence-corrected chi connectivity index (χ1v) is 8.73. The van der Waals surface area contributed by atoms with E-state index in [1.165, 1.54) is 12.4 Å². The van der Waals surface area contributed by atoms with Gasteiger partial charge in [0.25, 0.3) is 0 Å². The van der Waals surface area contributed by atoms with E-state index in [2.05, 4.69) is 20.2 Å². The van der Waals surface area contributed by atoms with Gasteiger partial charge >= 0.3 is 0 Å². The molecule has 0 amide bonds. The minimum atomic E-state index is -0.348. The largest absolute Gasteiger partial charge is 0.465 e. The van der Waals surface area contributed by atoms with Gasteiger partial charge in [0.05, 0.1) is 19.3 Å². The van der Waals surface area contributed by atoms with E-state index in [4.69, 9.17) is 9.15 Å². The first kappa shape index (κ1) is 16.9. The van der Waals surface area contributed by atoms with Crippen molar-refractivity contribution in [1.29, 1.82) is 0 Å². The summed E-state index contributed by atoms with van der Waals surface area (Å²) in [5.41, 5.74) is 0.321. The van der Waals surface area contributed by atoms with E-state index >= 15 is 0 Å². The van der Waals surface area contributed by atoms with E-state index in [1.54, 1.807) is 6.07 Å². The van der Waals surface area contributed by atoms with Crippen molar-refractivity contribution in [3.63, 3.8) is 0 Å². The molecule has 1 N–H and O–H groups in total. The lowest BCUT2D eigenvalue weighted by atomic mass is 10.1. The van der Waals surface area contributed by atoms with Crippen molar-refractivity contribution < 1.29 is 13.5 Å². The molecule has 1 aromatic carbocycles. The summed E-state index contributed by atoms with van der Waals surface area (Å²) in [5, 5.41) is 4.03. The molecule has 26 heavy (non-hydrogen) atoms. The van der Waals surface area contributed by atoms with Crippen molar-refractivity contribution in [1.82, 2.24) is 14.9 Å². The van der Waals surface area contributed by atoms with Crippen molar-refractivity contribution >= 4 is 16.7 Å². The molecule has 7 heteroatoms. The fraction of sp³-hybridized carbons (Fsp3) is 0.368. The zero-order chi connectivity index (χ0) is 17.9. The molecule has 1 atom stereocenters. The van der Waals surface area contributed by atoms with Gasteiger partial charge in [0, 0.05) is 25.0 Å². The van der Waals surface area contributed by atoms with Gasteiger partial charge in [-0.2, -0.15) is 0 Å². The van der Waals surface area contributed by atoms with Crippen LogP contribution in [0.1, 0.15) is 17.6 Å². The Morgan fingerprint density at radius 2 is 2.04 bits per heavy atom. The van der Waals surface area contributed by atoms with E-state index in [9.17, 15) is 4.39 Å². The second-order valence-electron chi connectivity index (χ2n) is 6.35. The Labute approximate surface area is 151 Å². The summed E-state index contributed by atoms with van der Waals surface area (Å²) < 4.78 is 25.3. The minimum absolute atomic E-state index is 0.0474. The van der Waals surface area contributed by atoms with Crippen molar-refractivity contribution in [2.45, 2.75) is 13.0 Å². The number of halogens is 1. The normalized spacial score (nSPS) is 16.7. The van der Waals surface area contributed by atoms with Gasteiger partial charge in [0.15, 0.2) is 0 Å². The van der Waals surface area contributed by atoms with Crippen LogP contribution in [0.5, 0.6) is 0 Å². The molecule has 0 aliphatic carbocycles. The van der Waals surface area contributed by atoms with Gasteiger partial charge in [0.1, 0.15) is 35.0 Å². The molecule has 1 aliphatic heterocycles. The number of rotatable bonds is 5. The molecular weight excluding hydrogens is 335 g/mol. The molecule has 1 saturated heterocycles. The lowest BCUT2D eigenvalue weighted by Crippen LogP contribution is -2.41. The third-order valence-electron chi connectivity index (χ3n) is 4.65. The Hall–Kier alpha value is -2.51. The highest BCUT2D eigenvalue weighted by Gasteiger charge is 2.25. The van der Waals surface area contributed by atoms with Gasteiger partial charge in [-0.3, -0.25) is 4.90 Å². The molecule has 0 spiro atoms. The van der Waals surface area contributed by atoms with Crippen LogP contribution in [0, 0.1) is 12.7 Å². The number of fused-ring (bicyclic) bond motifs is 1. The predicted molar refractivity (Wildman–Crippen MR) is 96.6 cm³/mol. The monoisotopic (exact) mass is 356 g/mol. The quantitative estimate of drug-likeness (QED) is 0.758. The Bertz CT molecular complexity index is 892. The summed E-state index contributed by atoms with van der Waals surface area (Å²) in [7, 11) is 0. The van der Waals surface area contributed by atoms with Gasteiger partial charge in [-0.15, -0.1) is 0 Å². The average molecular weight is 356 g/mol. The lowest BCUT2D eigenvalue weighted by molar-refractivity contribution is 0.0143. The number of aromatic nitrogens is 2. The van der Waals surface area contributed by atoms with Crippen molar-refractivity contribution in [2.24, 2.45) is 0 Å². The molecule has 0 radical (unpaired) electrons. The maximum Gasteiger partial charge on any atom is 0.149 e. The van der Waals surface area contributed by atoms with E-state index < -0.39 is 0 Å². The zero-order valence-electron chi connectivity index (χ0n) is 14.6. The van der Waals surface area contributed by atoms with Crippen molar-refractivity contribution in [3.8, 4) is 0 Å². The van der Waals surface area contributed by atoms with E-state index in [0.717, 1.165) is 24.6 Å². The summed E-state index contributed by atoms with van der Waals surface area (Å²) in [4.78, 5) is 10.7. The number of furan rings is 1. The summed E-state index contributed by atoms with van der Waals surface area (Å²) in [6.45, 7) is 5.62. The second-order valence-corrected chi connectivity index (χ2v) is 6.35. The number of anilines is 1. The van der Waals surface area contributed by atoms with Gasteiger partial charge in [-0.25, -0.2) is 14.4 Å². The third kappa shape index (κ3) is 3.40. The fourth-order valence-electron chi connectivity index (χ4n) is 3.32. The van der Waals surface area contributed by atoms with Crippen LogP contribution in [0.2, 0.25) is 0 Å². The maximum atomic E-state index is 14.0. The highest BCUT2D eigenvalue weighted by atomic mass is 19.1. The van der Waals surface area contributed by atoms with Crippen molar-refractivity contribution in [3.05, 3.63) is 54.0 Å². The number of hydrogen-bond acceptors (Lipinski definition) is 6. The topological polar surface area (TPSA) is 63.4 Å². The summed E-state index contributed by atoms with van der Waals surface area (Å²) in [6.07, 6.45) is 1.38. The Morgan fingerprint density at radius 3 is 2.81 bits per heavy atom. The van der Waals surface area contributed by atoms with E-state index in [-0.39, 0.29) is 11.9 Å². The van der Waals surface area contributed by atoms with Gasteiger partial charge in [-0.05, 0) is 31.2 Å². The summed E-state index contributed by atoms with van der Waals surface area (Å²) in [5.74, 6) is 2.06. The molecule has 0 saturated carbocycles. The maximum absolute atomic E-state index is 14.0. The number of ether oxygens (including phenoxy) is 1. The summed E-state index contributed by atoms with van der Waals surface area (Å²) in [6, 6.07) is 8.92. The molecule has 3 aromatic rings. The number of aryl methyl sites for hydroxylation is 1. The highest BCUT2D eigenvalue weighted by Crippen LogP contribution is 2.26. The number of morpholine rings is 1. The van der Waals surface area contributed by atoms with Gasteiger partial charge < -0.3 is 14.5 Å². The molecule has 1 fully saturated rings. The standard InChI is InChI=1S/C19H21FN4O2/c1-13-5-6-17(26-13)16(24-7-9-25-10-8-24)11-21-19-14-3-2-4-15(20)18(14)22-12-23-19/h2-6,12,16H,7-11H2,1H3,(H,21,22,23). The zero-order valence-corrected chi connectivity index (χ0v) is 14.6. The molecule has 1 unspecified atom stereocenters. The van der Waals surface area contributed by atoms with Crippen LogP contribution in [0.15, 0.2) is 41.1 Å². The molecule has 1 aliphatic rings. The van der Waals surface area contributed by atoms with Gasteiger partial charge in [-0.1, -0.05) is 6.07 Å². The Kier molecular flexibility index (Phi) is 4.81. The Morgan fingerprint density at radius 1 is 1.19 bits per heavy atom. The Balaban J connectivity index is 1.59. The number of benzene rings is 1. The number of nitrogens with zero attached hydrogens (tertiary/aromatic N) is 3. The molecule has 3 heterocycles. The molecule has 2 aromatic heterocycles. The van der Waals surface area contributed by atoms with Crippen molar-refractivity contribution in [2.75, 3.05) is 38.2 Å². The van der Waals surface area contributed by atoms with Crippen LogP contribution < -0.4 is 5.32 Å². The SMILES string of the molecule is Cc1ccc(C(CNc2ncnc3c(F)cccc23)N2CCOCC2)o1. The predicted octanol–water partition coefficient (Wildman–Crippen LogP) is 3.16.